The maximum absolute atomic E-state index is 11.5. The molecule has 0 amide bonds. The molecular formula is C29H33N3O6. The van der Waals surface area contributed by atoms with E-state index in [-0.39, 0.29) is 37.3 Å². The van der Waals surface area contributed by atoms with Gasteiger partial charge in [-0.05, 0) is 44.9 Å². The standard InChI is InChI=1S/C29H33N3O6/c1-6-7-36-27-15(3)28-29(38-13-37-28)23-17(27)10-19-24-22-16(8-14(2)26(35-5)25(22)34)9-18(31(24)4)20(11-30)32(19)21(23)12-33/h6,8,18-21,24,33-34H,1,7,9-10,12-13H2,2-5H3/t18-,19?,20+,21+,24-/m1/s1. The van der Waals surface area contributed by atoms with Crippen LogP contribution in [0.25, 0.3) is 0 Å². The number of hydrogen-bond acceptors (Lipinski definition) is 9. The molecule has 1 saturated heterocycles. The zero-order chi connectivity index (χ0) is 26.9. The van der Waals surface area contributed by atoms with Crippen molar-refractivity contribution in [3.8, 4) is 34.8 Å². The highest BCUT2D eigenvalue weighted by Gasteiger charge is 2.56. The Balaban J connectivity index is 1.60. The number of phenolic OH excluding ortho intramolecular Hbond substituents is 1. The highest BCUT2D eigenvalue weighted by molar-refractivity contribution is 5.66. The third kappa shape index (κ3) is 3.20. The molecule has 200 valence electrons. The van der Waals surface area contributed by atoms with Gasteiger partial charge in [-0.2, -0.15) is 5.26 Å². The number of aromatic hydroxyl groups is 1. The minimum atomic E-state index is -0.509. The second-order valence-electron chi connectivity index (χ2n) is 10.5. The van der Waals surface area contributed by atoms with E-state index in [4.69, 9.17) is 18.9 Å². The largest absolute Gasteiger partial charge is 0.504 e. The van der Waals surface area contributed by atoms with Crippen LogP contribution in [0.1, 0.15) is 45.5 Å². The second-order valence-corrected chi connectivity index (χ2v) is 10.5. The number of methoxy groups -OCH3 is 1. The van der Waals surface area contributed by atoms with E-state index in [1.807, 2.05) is 20.9 Å². The average molecular weight is 520 g/mol. The number of ether oxygens (including phenoxy) is 4. The quantitative estimate of drug-likeness (QED) is 0.576. The van der Waals surface area contributed by atoms with Gasteiger partial charge in [-0.25, -0.2) is 0 Å². The number of benzene rings is 2. The molecule has 0 aromatic heterocycles. The Labute approximate surface area is 222 Å². The highest BCUT2D eigenvalue weighted by atomic mass is 16.7. The van der Waals surface area contributed by atoms with Crippen LogP contribution in [0.15, 0.2) is 18.7 Å². The molecule has 0 aliphatic carbocycles. The maximum atomic E-state index is 11.5. The van der Waals surface area contributed by atoms with E-state index in [2.05, 4.69) is 28.5 Å². The number of aliphatic hydroxyl groups is 1. The number of piperazine rings is 1. The Morgan fingerprint density at radius 3 is 2.63 bits per heavy atom. The molecule has 2 N–H and O–H groups in total. The first kappa shape index (κ1) is 24.9. The summed E-state index contributed by atoms with van der Waals surface area (Å²) < 4.78 is 23.6. The molecule has 9 heteroatoms. The lowest BCUT2D eigenvalue weighted by atomic mass is 9.71. The van der Waals surface area contributed by atoms with Gasteiger partial charge in [0.05, 0.1) is 31.9 Å². The van der Waals surface area contributed by atoms with E-state index in [0.717, 1.165) is 33.4 Å². The van der Waals surface area contributed by atoms with Gasteiger partial charge < -0.3 is 29.2 Å². The molecule has 2 aromatic rings. The summed E-state index contributed by atoms with van der Waals surface area (Å²) >= 11 is 0. The summed E-state index contributed by atoms with van der Waals surface area (Å²) in [6.07, 6.45) is 2.83. The number of phenols is 1. The fraction of sp³-hybridized carbons (Fsp3) is 0.483. The summed E-state index contributed by atoms with van der Waals surface area (Å²) in [5, 5.41) is 32.8. The van der Waals surface area contributed by atoms with E-state index in [9.17, 15) is 15.5 Å². The van der Waals surface area contributed by atoms with E-state index in [1.54, 1.807) is 13.2 Å². The Morgan fingerprint density at radius 1 is 1.18 bits per heavy atom. The van der Waals surface area contributed by atoms with Gasteiger partial charge in [0.25, 0.3) is 0 Å². The molecular weight excluding hydrogens is 486 g/mol. The lowest BCUT2D eigenvalue weighted by molar-refractivity contribution is -0.0825. The van der Waals surface area contributed by atoms with Crippen molar-refractivity contribution < 1.29 is 29.2 Å². The number of fused-ring (bicyclic) bond motifs is 9. The zero-order valence-corrected chi connectivity index (χ0v) is 22.2. The number of rotatable bonds is 5. The van der Waals surface area contributed by atoms with Crippen LogP contribution in [0.3, 0.4) is 0 Å². The molecule has 5 atom stereocenters. The van der Waals surface area contributed by atoms with Crippen LogP contribution < -0.4 is 18.9 Å². The van der Waals surface area contributed by atoms with Gasteiger partial charge in [-0.1, -0.05) is 18.7 Å². The normalized spacial score (nSPS) is 27.1. The lowest BCUT2D eigenvalue weighted by Crippen LogP contribution is -2.68. The number of nitriles is 1. The van der Waals surface area contributed by atoms with Gasteiger partial charge in [0.1, 0.15) is 18.4 Å². The molecule has 0 radical (unpaired) electrons. The van der Waals surface area contributed by atoms with Crippen LogP contribution in [-0.2, 0) is 12.8 Å². The van der Waals surface area contributed by atoms with Crippen LogP contribution in [0, 0.1) is 25.2 Å². The average Bonchev–Trinajstić information content (AvgIpc) is 3.39. The van der Waals surface area contributed by atoms with Gasteiger partial charge in [0.15, 0.2) is 23.0 Å². The smallest absolute Gasteiger partial charge is 0.231 e. The van der Waals surface area contributed by atoms with Crippen molar-refractivity contribution in [1.29, 1.82) is 5.26 Å². The van der Waals surface area contributed by atoms with Gasteiger partial charge in [0, 0.05) is 34.3 Å². The predicted molar refractivity (Wildman–Crippen MR) is 139 cm³/mol. The molecule has 38 heavy (non-hydrogen) atoms. The molecule has 6 rings (SSSR count). The molecule has 2 aromatic carbocycles. The molecule has 2 bridgehead atoms. The van der Waals surface area contributed by atoms with Crippen LogP contribution in [0.5, 0.6) is 28.7 Å². The third-order valence-corrected chi connectivity index (χ3v) is 8.78. The molecule has 9 nitrogen and oxygen atoms in total. The Morgan fingerprint density at radius 2 is 1.95 bits per heavy atom. The lowest BCUT2D eigenvalue weighted by Gasteiger charge is -2.59. The van der Waals surface area contributed by atoms with Crippen molar-refractivity contribution in [2.45, 2.75) is 56.9 Å². The van der Waals surface area contributed by atoms with Crippen molar-refractivity contribution in [3.05, 3.63) is 52.1 Å². The summed E-state index contributed by atoms with van der Waals surface area (Å²) in [6, 6.07) is 3.06. The summed E-state index contributed by atoms with van der Waals surface area (Å²) in [6.45, 7) is 7.88. The summed E-state index contributed by atoms with van der Waals surface area (Å²) in [7, 11) is 3.59. The van der Waals surface area contributed by atoms with Gasteiger partial charge in [-0.3, -0.25) is 9.80 Å². The van der Waals surface area contributed by atoms with Gasteiger partial charge >= 0.3 is 0 Å². The van der Waals surface area contributed by atoms with Crippen molar-refractivity contribution >= 4 is 0 Å². The van der Waals surface area contributed by atoms with E-state index in [0.29, 0.717) is 42.4 Å². The summed E-state index contributed by atoms with van der Waals surface area (Å²) in [5.74, 6) is 2.54. The monoisotopic (exact) mass is 519 g/mol. The van der Waals surface area contributed by atoms with E-state index < -0.39 is 12.1 Å². The van der Waals surface area contributed by atoms with Crippen molar-refractivity contribution in [1.82, 2.24) is 9.80 Å². The van der Waals surface area contributed by atoms with Crippen LogP contribution in [0.2, 0.25) is 0 Å². The minimum absolute atomic E-state index is 0.0885. The number of hydrogen-bond donors (Lipinski definition) is 2. The van der Waals surface area contributed by atoms with Crippen LogP contribution in [0.4, 0.5) is 0 Å². The zero-order valence-electron chi connectivity index (χ0n) is 22.2. The molecule has 0 saturated carbocycles. The Hall–Kier alpha value is -3.45. The van der Waals surface area contributed by atoms with Crippen LogP contribution >= 0.6 is 0 Å². The first-order valence-corrected chi connectivity index (χ1v) is 13.0. The SMILES string of the molecule is C=CCOc1c(C)c2c(c3c1CC1[C@@H]4c5c(cc(C)c(OC)c5O)C[C@H]([C@H](C#N)N1[C@H]3CO)N4C)OCO2. The van der Waals surface area contributed by atoms with Gasteiger partial charge in [-0.15, -0.1) is 0 Å². The van der Waals surface area contributed by atoms with E-state index >= 15 is 0 Å². The molecule has 0 spiro atoms. The molecule has 4 aliphatic heterocycles. The van der Waals surface area contributed by atoms with E-state index in [1.165, 1.54) is 0 Å². The number of nitrogens with zero attached hydrogens (tertiary/aromatic N) is 3. The first-order valence-electron chi connectivity index (χ1n) is 13.0. The molecule has 1 fully saturated rings. The number of aliphatic hydroxyl groups excluding tert-OH is 1. The minimum Gasteiger partial charge on any atom is -0.504 e. The summed E-state index contributed by atoms with van der Waals surface area (Å²) in [5.41, 5.74) is 5.31. The predicted octanol–water partition coefficient (Wildman–Crippen LogP) is 3.07. The number of likely N-dealkylation sites (N-methyl/N-ethyl adjacent to an activating group) is 1. The fourth-order valence-electron chi connectivity index (χ4n) is 7.34. The molecule has 1 unspecified atom stereocenters. The van der Waals surface area contributed by atoms with Gasteiger partial charge in [0.2, 0.25) is 6.79 Å². The highest BCUT2D eigenvalue weighted by Crippen LogP contribution is 2.58. The fourth-order valence-corrected chi connectivity index (χ4v) is 7.34. The third-order valence-electron chi connectivity index (χ3n) is 8.78. The Bertz CT molecular complexity index is 1370. The van der Waals surface area contributed by atoms with Crippen LogP contribution in [-0.4, -0.2) is 72.3 Å². The van der Waals surface area contributed by atoms with Crippen molar-refractivity contribution in [3.63, 3.8) is 0 Å². The first-order chi connectivity index (χ1) is 18.4. The van der Waals surface area contributed by atoms with Crippen molar-refractivity contribution in [2.24, 2.45) is 0 Å². The summed E-state index contributed by atoms with van der Waals surface area (Å²) in [4.78, 5) is 4.36. The second kappa shape index (κ2) is 9.09. The topological polar surface area (TPSA) is 108 Å². The molecule has 4 heterocycles. The maximum Gasteiger partial charge on any atom is 0.231 e. The molecule has 4 aliphatic rings. The Kier molecular flexibility index (Phi) is 5.94. The van der Waals surface area contributed by atoms with Crippen molar-refractivity contribution in [2.75, 3.05) is 34.2 Å². The number of aryl methyl sites for hydroxylation is 1.